The number of carbonyl (C=O) groups is 2. The molecule has 3 rings (SSSR count). The molecule has 1 aromatic rings. The largest absolute Gasteiger partial charge is 0.373 e. The molecule has 7 nitrogen and oxygen atoms in total. The first-order valence-electron chi connectivity index (χ1n) is 7.44. The molecule has 2 aliphatic rings. The second kappa shape index (κ2) is 6.41. The molecule has 0 spiro atoms. The Kier molecular flexibility index (Phi) is 4.35. The van der Waals surface area contributed by atoms with E-state index >= 15 is 0 Å². The zero-order valence-corrected chi connectivity index (χ0v) is 12.6. The van der Waals surface area contributed by atoms with Crippen LogP contribution in [0.2, 0.25) is 0 Å². The van der Waals surface area contributed by atoms with Crippen LogP contribution in [0.4, 0.5) is 0 Å². The average molecular weight is 304 g/mol. The lowest BCUT2D eigenvalue weighted by atomic mass is 10.1. The van der Waals surface area contributed by atoms with Crippen LogP contribution >= 0.6 is 0 Å². The molecule has 0 unspecified atom stereocenters. The van der Waals surface area contributed by atoms with Crippen LogP contribution in [0, 0.1) is 0 Å². The molecule has 0 aliphatic carbocycles. The number of hydrogen-bond acceptors (Lipinski definition) is 5. The number of aromatic nitrogens is 1. The number of ether oxygens (including phenoxy) is 1. The maximum Gasteiger partial charge on any atom is 0.254 e. The first-order valence-corrected chi connectivity index (χ1v) is 7.44. The van der Waals surface area contributed by atoms with Gasteiger partial charge in [-0.15, -0.1) is 0 Å². The lowest BCUT2D eigenvalue weighted by Crippen LogP contribution is -2.53. The van der Waals surface area contributed by atoms with Crippen molar-refractivity contribution >= 4 is 11.8 Å². The van der Waals surface area contributed by atoms with Gasteiger partial charge in [0.15, 0.2) is 0 Å². The molecule has 0 bridgehead atoms. The summed E-state index contributed by atoms with van der Waals surface area (Å²) in [4.78, 5) is 32.0. The number of likely N-dealkylation sites (N-methyl/N-ethyl adjacent to an activating group) is 1. The van der Waals surface area contributed by atoms with E-state index in [4.69, 9.17) is 4.74 Å². The van der Waals surface area contributed by atoms with Gasteiger partial charge in [-0.05, 0) is 12.1 Å². The Morgan fingerprint density at radius 1 is 1.36 bits per heavy atom. The molecule has 2 amide bonds. The number of pyridine rings is 1. The van der Waals surface area contributed by atoms with Crippen LogP contribution < -0.4 is 5.32 Å². The quantitative estimate of drug-likeness (QED) is 0.803. The molecule has 2 atom stereocenters. The maximum absolute atomic E-state index is 12.5. The number of hydrogen-bond donors (Lipinski definition) is 1. The minimum Gasteiger partial charge on any atom is -0.373 e. The topological polar surface area (TPSA) is 74.8 Å². The Morgan fingerprint density at radius 3 is 2.86 bits per heavy atom. The first-order chi connectivity index (χ1) is 10.7. The fourth-order valence-electron chi connectivity index (χ4n) is 3.06. The zero-order valence-electron chi connectivity index (χ0n) is 12.6. The van der Waals surface area contributed by atoms with E-state index in [0.29, 0.717) is 38.3 Å². The summed E-state index contributed by atoms with van der Waals surface area (Å²) in [6, 6.07) is 3.51. The number of carbonyl (C=O) groups excluding carboxylic acids is 2. The van der Waals surface area contributed by atoms with Gasteiger partial charge in [0.05, 0.1) is 25.3 Å². The molecule has 118 valence electrons. The van der Waals surface area contributed by atoms with Gasteiger partial charge in [0.25, 0.3) is 5.91 Å². The molecule has 22 heavy (non-hydrogen) atoms. The predicted molar refractivity (Wildman–Crippen MR) is 79.3 cm³/mol. The number of morpholine rings is 1. The van der Waals surface area contributed by atoms with Crippen LogP contribution in [0.5, 0.6) is 0 Å². The average Bonchev–Trinajstić information content (AvgIpc) is 3.00. The monoisotopic (exact) mass is 304 g/mol. The molecule has 1 aromatic heterocycles. The van der Waals surface area contributed by atoms with Gasteiger partial charge < -0.3 is 15.0 Å². The van der Waals surface area contributed by atoms with E-state index < -0.39 is 0 Å². The van der Waals surface area contributed by atoms with Crippen LogP contribution in [0.25, 0.3) is 0 Å². The third-order valence-corrected chi connectivity index (χ3v) is 4.26. The molecule has 2 saturated heterocycles. The molecular weight excluding hydrogens is 284 g/mol. The third-order valence-electron chi connectivity index (χ3n) is 4.26. The number of rotatable bonds is 3. The second-order valence-electron chi connectivity index (χ2n) is 5.57. The zero-order chi connectivity index (χ0) is 15.5. The van der Waals surface area contributed by atoms with Gasteiger partial charge in [-0.3, -0.25) is 19.5 Å². The van der Waals surface area contributed by atoms with Crippen molar-refractivity contribution < 1.29 is 14.3 Å². The Bertz CT molecular complexity index is 551. The van der Waals surface area contributed by atoms with E-state index in [-0.39, 0.29) is 24.0 Å². The summed E-state index contributed by atoms with van der Waals surface area (Å²) in [6.45, 7) is 2.80. The van der Waals surface area contributed by atoms with Gasteiger partial charge in [0.1, 0.15) is 0 Å². The van der Waals surface area contributed by atoms with Crippen molar-refractivity contribution in [1.29, 1.82) is 0 Å². The fourth-order valence-corrected chi connectivity index (χ4v) is 3.06. The summed E-state index contributed by atoms with van der Waals surface area (Å²) >= 11 is 0. The van der Waals surface area contributed by atoms with E-state index in [1.807, 2.05) is 0 Å². The number of fused-ring (bicyclic) bond motifs is 1. The summed E-state index contributed by atoms with van der Waals surface area (Å²) in [5.74, 6) is -0.0279. The summed E-state index contributed by atoms with van der Waals surface area (Å²) < 4.78 is 5.78. The maximum atomic E-state index is 12.5. The molecule has 2 fully saturated rings. The summed E-state index contributed by atoms with van der Waals surface area (Å²) in [7, 11) is 1.63. The van der Waals surface area contributed by atoms with Crippen molar-refractivity contribution in [3.05, 3.63) is 30.1 Å². The van der Waals surface area contributed by atoms with E-state index in [2.05, 4.69) is 15.2 Å². The molecular formula is C15H20N4O3. The van der Waals surface area contributed by atoms with Gasteiger partial charge in [-0.25, -0.2) is 0 Å². The summed E-state index contributed by atoms with van der Waals surface area (Å²) in [5, 5.41) is 2.64. The van der Waals surface area contributed by atoms with Gasteiger partial charge in [0, 0.05) is 44.6 Å². The van der Waals surface area contributed by atoms with Crippen LogP contribution in [0.15, 0.2) is 24.5 Å². The number of nitrogens with zero attached hydrogens (tertiary/aromatic N) is 3. The van der Waals surface area contributed by atoms with E-state index in [1.54, 1.807) is 36.5 Å². The lowest BCUT2D eigenvalue weighted by Gasteiger charge is -2.35. The van der Waals surface area contributed by atoms with Gasteiger partial charge in [-0.1, -0.05) is 0 Å². The Labute approximate surface area is 129 Å². The highest BCUT2D eigenvalue weighted by Crippen LogP contribution is 2.24. The second-order valence-corrected chi connectivity index (χ2v) is 5.57. The van der Waals surface area contributed by atoms with Crippen molar-refractivity contribution in [2.75, 3.05) is 39.8 Å². The molecule has 1 N–H and O–H groups in total. The molecule has 2 aliphatic heterocycles. The van der Waals surface area contributed by atoms with E-state index in [1.165, 1.54) is 0 Å². The molecule has 0 radical (unpaired) electrons. The lowest BCUT2D eigenvalue weighted by molar-refractivity contribution is -0.125. The highest BCUT2D eigenvalue weighted by molar-refractivity contribution is 5.94. The summed E-state index contributed by atoms with van der Waals surface area (Å²) in [5.41, 5.74) is 0.631. The SMILES string of the molecule is CNC(=O)CN1CCO[C@@H]2CN(C(=O)c3ccncc3)C[C@@H]21. The minimum absolute atomic E-state index is 0.0136. The number of nitrogens with one attached hydrogen (secondary N) is 1. The molecule has 0 saturated carbocycles. The Morgan fingerprint density at radius 2 is 2.14 bits per heavy atom. The van der Waals surface area contributed by atoms with Crippen molar-refractivity contribution in [3.8, 4) is 0 Å². The highest BCUT2D eigenvalue weighted by Gasteiger charge is 2.42. The standard InChI is InChI=1S/C15H20N4O3/c1-16-14(20)10-18-6-7-22-13-9-19(8-12(13)18)15(21)11-2-4-17-5-3-11/h2-5,12-13H,6-10H2,1H3,(H,16,20)/t12-,13+/m0/s1. The van der Waals surface area contributed by atoms with Crippen molar-refractivity contribution in [3.63, 3.8) is 0 Å². The first kappa shape index (κ1) is 14.9. The van der Waals surface area contributed by atoms with Crippen LogP contribution in [0.1, 0.15) is 10.4 Å². The van der Waals surface area contributed by atoms with Crippen LogP contribution in [-0.2, 0) is 9.53 Å². The smallest absolute Gasteiger partial charge is 0.254 e. The predicted octanol–water partition coefficient (Wildman–Crippen LogP) is -0.647. The molecule has 3 heterocycles. The van der Waals surface area contributed by atoms with Gasteiger partial charge >= 0.3 is 0 Å². The van der Waals surface area contributed by atoms with E-state index in [0.717, 1.165) is 0 Å². The Balaban J connectivity index is 1.69. The van der Waals surface area contributed by atoms with Crippen molar-refractivity contribution in [2.45, 2.75) is 12.1 Å². The van der Waals surface area contributed by atoms with Gasteiger partial charge in [-0.2, -0.15) is 0 Å². The third kappa shape index (κ3) is 2.95. The highest BCUT2D eigenvalue weighted by atomic mass is 16.5. The van der Waals surface area contributed by atoms with Crippen LogP contribution in [-0.4, -0.2) is 78.6 Å². The Hall–Kier alpha value is -1.99. The molecule has 7 heteroatoms. The van der Waals surface area contributed by atoms with Crippen molar-refractivity contribution in [1.82, 2.24) is 20.1 Å². The molecule has 0 aromatic carbocycles. The minimum atomic E-state index is -0.0239. The number of amides is 2. The number of likely N-dealkylation sites (tertiary alicyclic amines) is 1. The fraction of sp³-hybridized carbons (Fsp3) is 0.533. The normalized spacial score (nSPS) is 24.9. The van der Waals surface area contributed by atoms with E-state index in [9.17, 15) is 9.59 Å². The van der Waals surface area contributed by atoms with Crippen molar-refractivity contribution in [2.24, 2.45) is 0 Å². The summed E-state index contributed by atoms with van der Waals surface area (Å²) in [6.07, 6.45) is 3.21. The van der Waals surface area contributed by atoms with Gasteiger partial charge in [0.2, 0.25) is 5.91 Å². The van der Waals surface area contributed by atoms with Crippen LogP contribution in [0.3, 0.4) is 0 Å².